The van der Waals surface area contributed by atoms with Gasteiger partial charge in [0.15, 0.2) is 0 Å². The van der Waals surface area contributed by atoms with Gasteiger partial charge >= 0.3 is 0 Å². The molecule has 1 fully saturated rings. The number of nitrogens with two attached hydrogens (primary N) is 1. The van der Waals surface area contributed by atoms with E-state index in [-0.39, 0.29) is 17.8 Å². The van der Waals surface area contributed by atoms with Gasteiger partial charge in [0.05, 0.1) is 0 Å². The molecule has 0 radical (unpaired) electrons. The Balaban J connectivity index is 2.22. The highest BCUT2D eigenvalue weighted by molar-refractivity contribution is 5.80. The fraction of sp³-hybridized carbons (Fsp3) is 0.889. The lowest BCUT2D eigenvalue weighted by Crippen LogP contribution is -2.36. The monoisotopic (exact) mass is 237 g/mol. The van der Waals surface area contributed by atoms with Gasteiger partial charge in [0.2, 0.25) is 0 Å². The first-order valence-electron chi connectivity index (χ1n) is 5.12. The van der Waals surface area contributed by atoms with E-state index in [1.165, 1.54) is 0 Å². The molecule has 5 nitrogen and oxygen atoms in total. The van der Waals surface area contributed by atoms with E-state index in [1.807, 2.05) is 0 Å². The van der Waals surface area contributed by atoms with Crippen LogP contribution in [-0.4, -0.2) is 41.8 Å². The number of hydrogen-bond acceptors (Lipinski definition) is 4. The second-order valence-corrected chi connectivity index (χ2v) is 4.30. The maximum atomic E-state index is 12.0. The molecule has 1 aliphatic rings. The van der Waals surface area contributed by atoms with E-state index in [1.54, 1.807) is 0 Å². The van der Waals surface area contributed by atoms with Crippen LogP contribution in [0.25, 0.3) is 0 Å². The van der Waals surface area contributed by atoms with Crippen LogP contribution in [0, 0.1) is 5.41 Å². The van der Waals surface area contributed by atoms with Crippen molar-refractivity contribution >= 4 is 5.84 Å². The Hall–Kier alpha value is -0.950. The predicted molar refractivity (Wildman–Crippen MR) is 54.6 cm³/mol. The topological polar surface area (TPSA) is 90.9 Å². The third kappa shape index (κ3) is 3.90. The first-order chi connectivity index (χ1) is 7.49. The van der Waals surface area contributed by atoms with Crippen molar-refractivity contribution < 1.29 is 19.1 Å². The van der Waals surface area contributed by atoms with E-state index >= 15 is 0 Å². The van der Waals surface area contributed by atoms with Crippen molar-refractivity contribution in [3.63, 3.8) is 0 Å². The van der Waals surface area contributed by atoms with Gasteiger partial charge < -0.3 is 21.4 Å². The number of nitrogens with zero attached hydrogens (tertiary/aromatic N) is 1. The van der Waals surface area contributed by atoms with Crippen molar-refractivity contribution in [1.82, 2.24) is 5.32 Å². The maximum Gasteiger partial charge on any atom is 0.265 e. The van der Waals surface area contributed by atoms with Gasteiger partial charge in [0.1, 0.15) is 11.9 Å². The van der Waals surface area contributed by atoms with Crippen LogP contribution >= 0.6 is 0 Å². The molecule has 1 unspecified atom stereocenters. The highest BCUT2D eigenvalue weighted by atomic mass is 19.3. The van der Waals surface area contributed by atoms with Crippen LogP contribution < -0.4 is 11.1 Å². The summed E-state index contributed by atoms with van der Waals surface area (Å²) in [5.74, 6) is 0.147. The van der Waals surface area contributed by atoms with Gasteiger partial charge in [-0.1, -0.05) is 5.16 Å². The van der Waals surface area contributed by atoms with E-state index in [0.29, 0.717) is 13.0 Å². The van der Waals surface area contributed by atoms with Gasteiger partial charge in [0, 0.05) is 19.5 Å². The quantitative estimate of drug-likeness (QED) is 0.219. The van der Waals surface area contributed by atoms with Crippen LogP contribution in [0.4, 0.5) is 8.78 Å². The zero-order valence-electron chi connectivity index (χ0n) is 8.87. The molecule has 0 amide bonds. The second-order valence-electron chi connectivity index (χ2n) is 4.30. The molecule has 16 heavy (non-hydrogen) atoms. The Morgan fingerprint density at radius 2 is 2.12 bits per heavy atom. The maximum absolute atomic E-state index is 12.0. The van der Waals surface area contributed by atoms with Crippen LogP contribution in [-0.2, 0) is 0 Å². The second kappa shape index (κ2) is 5.40. The Morgan fingerprint density at radius 3 is 2.56 bits per heavy atom. The number of halogens is 2. The summed E-state index contributed by atoms with van der Waals surface area (Å²) in [6.07, 6.45) is -2.09. The summed E-state index contributed by atoms with van der Waals surface area (Å²) in [5, 5.41) is 22.9. The molecule has 1 rings (SSSR count). The van der Waals surface area contributed by atoms with Crippen molar-refractivity contribution in [2.75, 3.05) is 13.1 Å². The number of nitrogens with one attached hydrogen (secondary N) is 1. The van der Waals surface area contributed by atoms with Crippen LogP contribution in [0.3, 0.4) is 0 Å². The molecule has 5 N–H and O–H groups in total. The molecule has 0 bridgehead atoms. The van der Waals surface area contributed by atoms with Gasteiger partial charge in [-0.05, 0) is 18.3 Å². The zero-order chi connectivity index (χ0) is 12.2. The van der Waals surface area contributed by atoms with Crippen molar-refractivity contribution in [3.05, 3.63) is 0 Å². The van der Waals surface area contributed by atoms with Crippen LogP contribution in [0.5, 0.6) is 0 Å². The lowest BCUT2D eigenvalue weighted by Gasteiger charge is -2.16. The molecule has 0 spiro atoms. The van der Waals surface area contributed by atoms with E-state index < -0.39 is 12.5 Å². The minimum absolute atomic E-state index is 0.0852. The molecule has 0 saturated heterocycles. The minimum Gasteiger partial charge on any atom is -0.409 e. The molecular weight excluding hydrogens is 220 g/mol. The molecule has 0 heterocycles. The standard InChI is InChI=1S/C9H17F2N3O2/c10-8(11)6(15)4-13-5-9(1-2-9)3-7(12)14-16/h6,8,13,15-16H,1-5H2,(H2,12,14). The third-order valence-electron chi connectivity index (χ3n) is 2.79. The molecule has 0 aliphatic heterocycles. The van der Waals surface area contributed by atoms with Crippen molar-refractivity contribution in [2.24, 2.45) is 16.3 Å². The highest BCUT2D eigenvalue weighted by Gasteiger charge is 2.43. The van der Waals surface area contributed by atoms with Gasteiger partial charge in [-0.15, -0.1) is 0 Å². The molecule has 1 aliphatic carbocycles. The predicted octanol–water partition coefficient (Wildman–Crippen LogP) is 0.119. The number of rotatable bonds is 7. The third-order valence-corrected chi connectivity index (χ3v) is 2.79. The number of aliphatic hydroxyl groups is 1. The van der Waals surface area contributed by atoms with E-state index in [0.717, 1.165) is 12.8 Å². The summed E-state index contributed by atoms with van der Waals surface area (Å²) >= 11 is 0. The first-order valence-corrected chi connectivity index (χ1v) is 5.12. The molecular formula is C9H17F2N3O2. The summed E-state index contributed by atoms with van der Waals surface area (Å²) in [4.78, 5) is 0. The number of amidine groups is 1. The van der Waals surface area contributed by atoms with Gasteiger partial charge in [-0.25, -0.2) is 8.78 Å². The normalized spacial score (nSPS) is 21.1. The molecule has 0 aromatic rings. The van der Waals surface area contributed by atoms with E-state index in [2.05, 4.69) is 10.5 Å². The molecule has 94 valence electrons. The number of hydrogen-bond donors (Lipinski definition) is 4. The number of aliphatic hydroxyl groups excluding tert-OH is 1. The summed E-state index contributed by atoms with van der Waals surface area (Å²) in [6.45, 7) is 0.350. The van der Waals surface area contributed by atoms with Gasteiger partial charge in [-0.2, -0.15) is 0 Å². The Labute approximate surface area is 92.3 Å². The Bertz CT molecular complexity index is 257. The van der Waals surface area contributed by atoms with Crippen molar-refractivity contribution in [2.45, 2.75) is 31.8 Å². The fourth-order valence-corrected chi connectivity index (χ4v) is 1.59. The van der Waals surface area contributed by atoms with Crippen LogP contribution in [0.2, 0.25) is 0 Å². The highest BCUT2D eigenvalue weighted by Crippen LogP contribution is 2.48. The molecule has 1 atom stereocenters. The smallest absolute Gasteiger partial charge is 0.265 e. The number of alkyl halides is 2. The van der Waals surface area contributed by atoms with Gasteiger partial charge in [0.25, 0.3) is 6.43 Å². The summed E-state index contributed by atoms with van der Waals surface area (Å²) in [6, 6.07) is 0. The lowest BCUT2D eigenvalue weighted by molar-refractivity contribution is -0.00372. The van der Waals surface area contributed by atoms with Gasteiger partial charge in [-0.3, -0.25) is 0 Å². The largest absolute Gasteiger partial charge is 0.409 e. The molecule has 0 aromatic heterocycles. The number of oxime groups is 1. The zero-order valence-corrected chi connectivity index (χ0v) is 8.87. The molecule has 0 aromatic carbocycles. The Morgan fingerprint density at radius 1 is 1.50 bits per heavy atom. The summed E-state index contributed by atoms with van der Waals surface area (Å²) < 4.78 is 23.9. The van der Waals surface area contributed by atoms with E-state index in [4.69, 9.17) is 16.0 Å². The minimum atomic E-state index is -2.73. The molecule has 1 saturated carbocycles. The molecule has 7 heteroatoms. The van der Waals surface area contributed by atoms with Crippen LogP contribution in [0.15, 0.2) is 5.16 Å². The van der Waals surface area contributed by atoms with Crippen LogP contribution in [0.1, 0.15) is 19.3 Å². The Kier molecular flexibility index (Phi) is 4.43. The average Bonchev–Trinajstić information content (AvgIpc) is 2.97. The van der Waals surface area contributed by atoms with E-state index in [9.17, 15) is 8.78 Å². The van der Waals surface area contributed by atoms with Crippen molar-refractivity contribution in [3.8, 4) is 0 Å². The lowest BCUT2D eigenvalue weighted by atomic mass is 10.0. The summed E-state index contributed by atoms with van der Waals surface area (Å²) in [7, 11) is 0. The average molecular weight is 237 g/mol. The fourth-order valence-electron chi connectivity index (χ4n) is 1.59. The SMILES string of the molecule is NC(CC1(CNCC(O)C(F)F)CC1)=NO. The van der Waals surface area contributed by atoms with Crippen molar-refractivity contribution in [1.29, 1.82) is 0 Å². The summed E-state index contributed by atoms with van der Waals surface area (Å²) in [5.41, 5.74) is 5.30. The first kappa shape index (κ1) is 13.1.